The summed E-state index contributed by atoms with van der Waals surface area (Å²) < 4.78 is 10.3. The molecule has 0 aliphatic carbocycles. The number of hydrazone groups is 1. The van der Waals surface area contributed by atoms with E-state index in [2.05, 4.69) is 10.5 Å². The molecule has 0 unspecified atom stereocenters. The molecular formula is C11H14N2O3. The van der Waals surface area contributed by atoms with Gasteiger partial charge in [-0.05, 0) is 12.1 Å². The number of nitrogens with one attached hydrogen (secondary N) is 1. The van der Waals surface area contributed by atoms with E-state index in [9.17, 15) is 4.79 Å². The van der Waals surface area contributed by atoms with Crippen molar-refractivity contribution in [3.05, 3.63) is 23.8 Å². The quantitative estimate of drug-likeness (QED) is 0.614. The molecule has 0 aliphatic rings. The topological polar surface area (TPSA) is 59.9 Å². The Kier molecular flexibility index (Phi) is 4.32. The first-order chi connectivity index (χ1) is 7.69. The summed E-state index contributed by atoms with van der Waals surface area (Å²) in [6.45, 7) is 1.39. The Balaban J connectivity index is 2.94. The molecule has 0 bridgehead atoms. The molecular weight excluding hydrogens is 208 g/mol. The van der Waals surface area contributed by atoms with Crippen molar-refractivity contribution in [2.75, 3.05) is 14.2 Å². The fraction of sp³-hybridized carbons (Fsp3) is 0.273. The number of benzene rings is 1. The molecule has 1 N–H and O–H groups in total. The SMILES string of the molecule is COc1cccc(C=NNC(C)=O)c1OC. The molecule has 1 rings (SSSR count). The van der Waals surface area contributed by atoms with Crippen molar-refractivity contribution in [3.63, 3.8) is 0 Å². The van der Waals surface area contributed by atoms with Crippen LogP contribution in [-0.2, 0) is 4.79 Å². The monoisotopic (exact) mass is 222 g/mol. The minimum absolute atomic E-state index is 0.224. The van der Waals surface area contributed by atoms with Gasteiger partial charge in [0, 0.05) is 12.5 Å². The first-order valence-corrected chi connectivity index (χ1v) is 4.69. The number of hydrogen-bond acceptors (Lipinski definition) is 4. The molecule has 1 aromatic rings. The van der Waals surface area contributed by atoms with Crippen molar-refractivity contribution >= 4 is 12.1 Å². The van der Waals surface area contributed by atoms with E-state index in [4.69, 9.17) is 9.47 Å². The van der Waals surface area contributed by atoms with Gasteiger partial charge < -0.3 is 9.47 Å². The van der Waals surface area contributed by atoms with Crippen molar-refractivity contribution in [1.29, 1.82) is 0 Å². The number of rotatable bonds is 4. The second kappa shape index (κ2) is 5.75. The molecule has 0 heterocycles. The lowest BCUT2D eigenvalue weighted by atomic mass is 10.2. The fourth-order valence-corrected chi connectivity index (χ4v) is 1.21. The Bertz CT molecular complexity index is 402. The van der Waals surface area contributed by atoms with Gasteiger partial charge >= 0.3 is 0 Å². The Labute approximate surface area is 94.1 Å². The smallest absolute Gasteiger partial charge is 0.236 e. The van der Waals surface area contributed by atoms with E-state index in [0.29, 0.717) is 11.5 Å². The maximum Gasteiger partial charge on any atom is 0.236 e. The maximum atomic E-state index is 10.6. The van der Waals surface area contributed by atoms with Crippen LogP contribution >= 0.6 is 0 Å². The standard InChI is InChI=1S/C11H14N2O3/c1-8(14)13-12-7-9-5-4-6-10(15-2)11(9)16-3/h4-7H,1-3H3,(H,13,14). The summed E-state index contributed by atoms with van der Waals surface area (Å²) in [7, 11) is 3.11. The number of methoxy groups -OCH3 is 2. The van der Waals surface area contributed by atoms with Gasteiger partial charge in [-0.2, -0.15) is 5.10 Å². The summed E-state index contributed by atoms with van der Waals surface area (Å²) in [5.74, 6) is 0.978. The number of carbonyl (C=O) groups is 1. The normalized spacial score (nSPS) is 10.2. The third kappa shape index (κ3) is 2.98. The zero-order valence-electron chi connectivity index (χ0n) is 9.48. The highest BCUT2D eigenvalue weighted by Crippen LogP contribution is 2.29. The van der Waals surface area contributed by atoms with E-state index >= 15 is 0 Å². The number of carbonyl (C=O) groups excluding carboxylic acids is 1. The summed E-state index contributed by atoms with van der Waals surface area (Å²) in [6.07, 6.45) is 1.50. The molecule has 86 valence electrons. The zero-order chi connectivity index (χ0) is 12.0. The highest BCUT2D eigenvalue weighted by atomic mass is 16.5. The van der Waals surface area contributed by atoms with Gasteiger partial charge in [-0.15, -0.1) is 0 Å². The van der Waals surface area contributed by atoms with E-state index in [1.807, 2.05) is 12.1 Å². The van der Waals surface area contributed by atoms with Gasteiger partial charge in [-0.3, -0.25) is 4.79 Å². The van der Waals surface area contributed by atoms with Crippen molar-refractivity contribution in [2.45, 2.75) is 6.92 Å². The first kappa shape index (κ1) is 12.0. The minimum atomic E-state index is -0.224. The molecule has 0 spiro atoms. The lowest BCUT2D eigenvalue weighted by Crippen LogP contribution is -2.12. The molecule has 1 amide bonds. The van der Waals surface area contributed by atoms with Crippen LogP contribution in [-0.4, -0.2) is 26.3 Å². The molecule has 0 aliphatic heterocycles. The molecule has 0 saturated heterocycles. The summed E-state index contributed by atoms with van der Waals surface area (Å²) in [5.41, 5.74) is 3.05. The van der Waals surface area contributed by atoms with E-state index in [1.54, 1.807) is 20.3 Å². The number of hydrogen-bond donors (Lipinski definition) is 1. The van der Waals surface area contributed by atoms with Crippen molar-refractivity contribution in [2.24, 2.45) is 5.10 Å². The number of amides is 1. The van der Waals surface area contributed by atoms with Gasteiger partial charge in [0.25, 0.3) is 0 Å². The molecule has 0 fully saturated rings. The molecule has 5 nitrogen and oxygen atoms in total. The first-order valence-electron chi connectivity index (χ1n) is 4.69. The maximum absolute atomic E-state index is 10.6. The molecule has 1 aromatic carbocycles. The van der Waals surface area contributed by atoms with E-state index in [-0.39, 0.29) is 5.91 Å². The van der Waals surface area contributed by atoms with Crippen molar-refractivity contribution < 1.29 is 14.3 Å². The van der Waals surface area contributed by atoms with Crippen LogP contribution in [0.4, 0.5) is 0 Å². The molecule has 16 heavy (non-hydrogen) atoms. The van der Waals surface area contributed by atoms with E-state index in [1.165, 1.54) is 13.1 Å². The molecule has 5 heteroatoms. The minimum Gasteiger partial charge on any atom is -0.493 e. The highest BCUT2D eigenvalue weighted by molar-refractivity contribution is 5.86. The van der Waals surface area contributed by atoms with Crippen LogP contribution < -0.4 is 14.9 Å². The van der Waals surface area contributed by atoms with Gasteiger partial charge in [0.15, 0.2) is 11.5 Å². The van der Waals surface area contributed by atoms with Crippen LogP contribution in [0.15, 0.2) is 23.3 Å². The highest BCUT2D eigenvalue weighted by Gasteiger charge is 2.06. The van der Waals surface area contributed by atoms with Crippen LogP contribution in [0.2, 0.25) is 0 Å². The lowest BCUT2D eigenvalue weighted by molar-refractivity contribution is -0.118. The predicted molar refractivity (Wildman–Crippen MR) is 61.0 cm³/mol. The average Bonchev–Trinajstić information content (AvgIpc) is 2.28. The fourth-order valence-electron chi connectivity index (χ4n) is 1.21. The van der Waals surface area contributed by atoms with E-state index < -0.39 is 0 Å². The van der Waals surface area contributed by atoms with Crippen LogP contribution in [0.25, 0.3) is 0 Å². The average molecular weight is 222 g/mol. The summed E-state index contributed by atoms with van der Waals surface area (Å²) in [5, 5.41) is 3.77. The largest absolute Gasteiger partial charge is 0.493 e. The molecule has 0 saturated carbocycles. The number of nitrogens with zero attached hydrogens (tertiary/aromatic N) is 1. The lowest BCUT2D eigenvalue weighted by Gasteiger charge is -2.09. The van der Waals surface area contributed by atoms with Gasteiger partial charge in [-0.25, -0.2) is 5.43 Å². The second-order valence-corrected chi connectivity index (χ2v) is 3.01. The van der Waals surface area contributed by atoms with Gasteiger partial charge in [0.05, 0.1) is 20.4 Å². The summed E-state index contributed by atoms with van der Waals surface area (Å²) in [6, 6.07) is 5.41. The van der Waals surface area contributed by atoms with Crippen molar-refractivity contribution in [3.8, 4) is 11.5 Å². The van der Waals surface area contributed by atoms with Crippen LogP contribution in [0.5, 0.6) is 11.5 Å². The summed E-state index contributed by atoms with van der Waals surface area (Å²) >= 11 is 0. The number of ether oxygens (including phenoxy) is 2. The van der Waals surface area contributed by atoms with Crippen LogP contribution in [0.3, 0.4) is 0 Å². The molecule has 0 aromatic heterocycles. The third-order valence-corrected chi connectivity index (χ3v) is 1.86. The van der Waals surface area contributed by atoms with E-state index in [0.717, 1.165) is 5.56 Å². The van der Waals surface area contributed by atoms with Gasteiger partial charge in [0.1, 0.15) is 0 Å². The van der Waals surface area contributed by atoms with Crippen molar-refractivity contribution in [1.82, 2.24) is 5.43 Å². The third-order valence-electron chi connectivity index (χ3n) is 1.86. The Morgan fingerprint density at radius 3 is 2.69 bits per heavy atom. The summed E-state index contributed by atoms with van der Waals surface area (Å²) in [4.78, 5) is 10.6. The Morgan fingerprint density at radius 1 is 1.38 bits per heavy atom. The Morgan fingerprint density at radius 2 is 2.12 bits per heavy atom. The van der Waals surface area contributed by atoms with Gasteiger partial charge in [0.2, 0.25) is 5.91 Å². The van der Waals surface area contributed by atoms with Crippen LogP contribution in [0.1, 0.15) is 12.5 Å². The zero-order valence-corrected chi connectivity index (χ0v) is 9.48. The van der Waals surface area contributed by atoms with Crippen LogP contribution in [0, 0.1) is 0 Å². The second-order valence-electron chi connectivity index (χ2n) is 3.01. The Hall–Kier alpha value is -2.04. The molecule has 0 radical (unpaired) electrons. The van der Waals surface area contributed by atoms with Gasteiger partial charge in [-0.1, -0.05) is 6.07 Å². The molecule has 0 atom stereocenters. The number of para-hydroxylation sites is 1. The predicted octanol–water partition coefficient (Wildman–Crippen LogP) is 1.17.